The third-order valence-corrected chi connectivity index (χ3v) is 5.77. The Hall–Kier alpha value is -0.880. The molecule has 2 saturated carbocycles. The summed E-state index contributed by atoms with van der Waals surface area (Å²) >= 11 is 5.47. The van der Waals surface area contributed by atoms with Gasteiger partial charge in [-0.1, -0.05) is 12.8 Å². The smallest absolute Gasteiger partial charge is 0.225 e. The first kappa shape index (κ1) is 15.0. The maximum absolute atomic E-state index is 5.47. The fourth-order valence-electron chi connectivity index (χ4n) is 3.90. The molecule has 21 heavy (non-hydrogen) atoms. The van der Waals surface area contributed by atoms with Crippen LogP contribution in [0.25, 0.3) is 0 Å². The van der Waals surface area contributed by atoms with E-state index in [2.05, 4.69) is 45.7 Å². The standard InChI is InChI=1S/C15H27N5S/c1-18(2)15(9-6-10-15)11-19(3)13-16-17-14(21)20(13)12-7-4-5-8-12/h12H,4-11H2,1-3H3,(H,17,21). The number of anilines is 1. The zero-order chi connectivity index (χ0) is 15.0. The van der Waals surface area contributed by atoms with E-state index in [1.807, 2.05) is 0 Å². The summed E-state index contributed by atoms with van der Waals surface area (Å²) in [6.45, 7) is 1.02. The van der Waals surface area contributed by atoms with Crippen LogP contribution in [-0.4, -0.2) is 52.9 Å². The molecule has 1 N–H and O–H groups in total. The molecule has 0 spiro atoms. The van der Waals surface area contributed by atoms with Gasteiger partial charge < -0.3 is 9.80 Å². The molecule has 118 valence electrons. The van der Waals surface area contributed by atoms with Gasteiger partial charge in [0.1, 0.15) is 0 Å². The third kappa shape index (κ3) is 2.63. The summed E-state index contributed by atoms with van der Waals surface area (Å²) in [6.07, 6.45) is 8.96. The Morgan fingerprint density at radius 1 is 1.24 bits per heavy atom. The van der Waals surface area contributed by atoms with Crippen LogP contribution in [0.1, 0.15) is 51.0 Å². The van der Waals surface area contributed by atoms with Crippen molar-refractivity contribution in [1.82, 2.24) is 19.7 Å². The van der Waals surface area contributed by atoms with Crippen LogP contribution >= 0.6 is 12.2 Å². The van der Waals surface area contributed by atoms with Crippen molar-refractivity contribution in [2.45, 2.75) is 56.5 Å². The second-order valence-electron chi connectivity index (χ2n) is 6.97. The lowest BCUT2D eigenvalue weighted by molar-refractivity contribution is 0.0678. The van der Waals surface area contributed by atoms with Crippen molar-refractivity contribution in [2.24, 2.45) is 0 Å². The lowest BCUT2D eigenvalue weighted by atomic mass is 9.75. The van der Waals surface area contributed by atoms with Crippen molar-refractivity contribution in [3.8, 4) is 0 Å². The molecule has 2 aliphatic carbocycles. The fraction of sp³-hybridized carbons (Fsp3) is 0.867. The van der Waals surface area contributed by atoms with E-state index < -0.39 is 0 Å². The fourth-order valence-corrected chi connectivity index (χ4v) is 4.18. The maximum atomic E-state index is 5.47. The molecule has 5 nitrogen and oxygen atoms in total. The first-order chi connectivity index (χ1) is 10.0. The lowest BCUT2D eigenvalue weighted by Gasteiger charge is -2.49. The van der Waals surface area contributed by atoms with Crippen molar-refractivity contribution in [3.63, 3.8) is 0 Å². The van der Waals surface area contributed by atoms with Gasteiger partial charge in [0.15, 0.2) is 4.77 Å². The van der Waals surface area contributed by atoms with Crippen molar-refractivity contribution in [2.75, 3.05) is 32.6 Å². The summed E-state index contributed by atoms with van der Waals surface area (Å²) in [6, 6.07) is 0.533. The van der Waals surface area contributed by atoms with E-state index >= 15 is 0 Å². The van der Waals surface area contributed by atoms with Crippen LogP contribution in [0.15, 0.2) is 0 Å². The summed E-state index contributed by atoms with van der Waals surface area (Å²) < 4.78 is 3.03. The zero-order valence-corrected chi connectivity index (χ0v) is 14.2. The topological polar surface area (TPSA) is 40.1 Å². The highest BCUT2D eigenvalue weighted by Gasteiger charge is 2.40. The Bertz CT molecular complexity index is 537. The minimum absolute atomic E-state index is 0.308. The van der Waals surface area contributed by atoms with Crippen LogP contribution in [0.3, 0.4) is 0 Å². The largest absolute Gasteiger partial charge is 0.342 e. The molecular weight excluding hydrogens is 282 g/mol. The summed E-state index contributed by atoms with van der Waals surface area (Å²) in [7, 11) is 6.54. The van der Waals surface area contributed by atoms with Crippen LogP contribution in [-0.2, 0) is 0 Å². The molecule has 0 amide bonds. The normalized spacial score (nSPS) is 21.7. The van der Waals surface area contributed by atoms with Crippen molar-refractivity contribution >= 4 is 18.2 Å². The molecule has 0 aromatic carbocycles. The SMILES string of the molecule is CN(CC1(N(C)C)CCC1)c1n[nH]c(=S)n1C1CCCC1. The molecule has 0 saturated heterocycles. The molecule has 0 bridgehead atoms. The molecule has 0 radical (unpaired) electrons. The molecule has 3 rings (SSSR count). The minimum atomic E-state index is 0.308. The summed E-state index contributed by atoms with van der Waals surface area (Å²) in [5.41, 5.74) is 0.308. The minimum Gasteiger partial charge on any atom is -0.342 e. The number of nitrogens with one attached hydrogen (secondary N) is 1. The van der Waals surface area contributed by atoms with Gasteiger partial charge in [-0.05, 0) is 58.4 Å². The highest BCUT2D eigenvalue weighted by Crippen LogP contribution is 2.38. The van der Waals surface area contributed by atoms with Gasteiger partial charge >= 0.3 is 0 Å². The Morgan fingerprint density at radius 2 is 1.90 bits per heavy atom. The van der Waals surface area contributed by atoms with E-state index in [9.17, 15) is 0 Å². The summed E-state index contributed by atoms with van der Waals surface area (Å²) in [4.78, 5) is 4.68. The van der Waals surface area contributed by atoms with E-state index in [0.717, 1.165) is 17.3 Å². The second-order valence-corrected chi connectivity index (χ2v) is 7.35. The number of likely N-dealkylation sites (N-methyl/N-ethyl adjacent to an activating group) is 2. The van der Waals surface area contributed by atoms with Crippen LogP contribution in [0.2, 0.25) is 0 Å². The number of aromatic amines is 1. The number of H-pyrrole nitrogens is 1. The van der Waals surface area contributed by atoms with Gasteiger partial charge in [0.25, 0.3) is 0 Å². The molecular formula is C15H27N5S. The first-order valence-corrected chi connectivity index (χ1v) is 8.50. The van der Waals surface area contributed by atoms with Gasteiger partial charge in [0, 0.05) is 25.2 Å². The molecule has 1 aromatic heterocycles. The number of rotatable bonds is 5. The predicted octanol–water partition coefficient (Wildman–Crippen LogP) is 2.98. The summed E-state index contributed by atoms with van der Waals surface area (Å²) in [5, 5.41) is 7.52. The van der Waals surface area contributed by atoms with E-state index in [4.69, 9.17) is 12.2 Å². The molecule has 0 unspecified atom stereocenters. The van der Waals surface area contributed by atoms with E-state index in [1.165, 1.54) is 44.9 Å². The van der Waals surface area contributed by atoms with Crippen molar-refractivity contribution < 1.29 is 0 Å². The number of hydrogen-bond donors (Lipinski definition) is 1. The Labute approximate surface area is 132 Å². The molecule has 1 aromatic rings. The van der Waals surface area contributed by atoms with E-state index in [0.29, 0.717) is 11.6 Å². The second kappa shape index (κ2) is 5.72. The third-order valence-electron chi connectivity index (χ3n) is 5.48. The maximum Gasteiger partial charge on any atom is 0.225 e. The van der Waals surface area contributed by atoms with Crippen LogP contribution in [0.5, 0.6) is 0 Å². The van der Waals surface area contributed by atoms with Gasteiger partial charge in [-0.2, -0.15) is 0 Å². The molecule has 1 heterocycles. The Balaban J connectivity index is 1.81. The number of nitrogens with zero attached hydrogens (tertiary/aromatic N) is 4. The van der Waals surface area contributed by atoms with Crippen LogP contribution in [0.4, 0.5) is 5.95 Å². The quantitative estimate of drug-likeness (QED) is 0.849. The van der Waals surface area contributed by atoms with Gasteiger partial charge in [0.05, 0.1) is 0 Å². The van der Waals surface area contributed by atoms with Crippen LogP contribution in [0, 0.1) is 4.77 Å². The summed E-state index contributed by atoms with van der Waals surface area (Å²) in [5.74, 6) is 1.01. The number of hydrogen-bond acceptors (Lipinski definition) is 4. The monoisotopic (exact) mass is 309 g/mol. The number of aromatic nitrogens is 3. The van der Waals surface area contributed by atoms with E-state index in [-0.39, 0.29) is 0 Å². The Kier molecular flexibility index (Phi) is 4.10. The average molecular weight is 309 g/mol. The van der Waals surface area contributed by atoms with E-state index in [1.54, 1.807) is 0 Å². The van der Waals surface area contributed by atoms with Gasteiger partial charge in [-0.25, -0.2) is 5.10 Å². The zero-order valence-electron chi connectivity index (χ0n) is 13.4. The molecule has 2 fully saturated rings. The molecule has 2 aliphatic rings. The van der Waals surface area contributed by atoms with Gasteiger partial charge in [0.2, 0.25) is 5.95 Å². The highest BCUT2D eigenvalue weighted by molar-refractivity contribution is 7.71. The van der Waals surface area contributed by atoms with Crippen molar-refractivity contribution in [1.29, 1.82) is 0 Å². The van der Waals surface area contributed by atoms with Crippen molar-refractivity contribution in [3.05, 3.63) is 4.77 Å². The predicted molar refractivity (Wildman–Crippen MR) is 88.5 cm³/mol. The molecule has 6 heteroatoms. The Morgan fingerprint density at radius 3 is 2.43 bits per heavy atom. The van der Waals surface area contributed by atoms with Gasteiger partial charge in [-0.3, -0.25) is 4.57 Å². The first-order valence-electron chi connectivity index (χ1n) is 8.09. The van der Waals surface area contributed by atoms with Gasteiger partial charge in [-0.15, -0.1) is 5.10 Å². The highest BCUT2D eigenvalue weighted by atomic mass is 32.1. The lowest BCUT2D eigenvalue weighted by Crippen LogP contribution is -2.57. The average Bonchev–Trinajstić information content (AvgIpc) is 3.01. The molecule has 0 atom stereocenters. The molecule has 0 aliphatic heterocycles. The van der Waals surface area contributed by atoms with Crippen LogP contribution < -0.4 is 4.90 Å².